The zero-order valence-corrected chi connectivity index (χ0v) is 35.3. The molecule has 13 nitrogen and oxygen atoms in total. The number of phosphoric acid groups is 1. The summed E-state index contributed by atoms with van der Waals surface area (Å²) in [6.45, 7) is 3.77. The van der Waals surface area contributed by atoms with Crippen LogP contribution in [0.1, 0.15) is 194 Å². The monoisotopic (exact) mass is 812 g/mol. The molecule has 0 heterocycles. The first-order valence-corrected chi connectivity index (χ1v) is 23.6. The van der Waals surface area contributed by atoms with Crippen LogP contribution in [0.3, 0.4) is 0 Å². The van der Waals surface area contributed by atoms with Crippen LogP contribution in [-0.2, 0) is 18.4 Å². The topological polar surface area (TPSA) is 226 Å². The summed E-state index contributed by atoms with van der Waals surface area (Å²) < 4.78 is 22.9. The molecule has 0 spiro atoms. The number of aliphatic hydroxyl groups excluding tert-OH is 7. The van der Waals surface area contributed by atoms with Crippen LogP contribution in [0.15, 0.2) is 0 Å². The van der Waals surface area contributed by atoms with E-state index in [-0.39, 0.29) is 12.8 Å². The van der Waals surface area contributed by atoms with Crippen molar-refractivity contribution in [3.8, 4) is 0 Å². The van der Waals surface area contributed by atoms with E-state index < -0.39 is 75.2 Å². The van der Waals surface area contributed by atoms with Gasteiger partial charge in [0.1, 0.15) is 36.6 Å². The Hall–Kier alpha value is -0.700. The molecule has 0 bridgehead atoms. The van der Waals surface area contributed by atoms with E-state index in [1.165, 1.54) is 103 Å². The van der Waals surface area contributed by atoms with Gasteiger partial charge < -0.3 is 46.0 Å². The second kappa shape index (κ2) is 32.2. The fourth-order valence-electron chi connectivity index (χ4n) is 7.30. The number of nitrogens with one attached hydrogen (secondary N) is 1. The van der Waals surface area contributed by atoms with Crippen LogP contribution in [-0.4, -0.2) is 108 Å². The van der Waals surface area contributed by atoms with Gasteiger partial charge in [0.2, 0.25) is 5.91 Å². The fourth-order valence-corrected chi connectivity index (χ4v) is 8.27. The van der Waals surface area contributed by atoms with Crippen molar-refractivity contribution in [2.24, 2.45) is 0 Å². The van der Waals surface area contributed by atoms with Crippen molar-refractivity contribution >= 4 is 13.7 Å². The molecule has 0 aliphatic heterocycles. The molecular formula is C41H82NO12P. The Labute approximate surface area is 332 Å². The molecule has 1 aliphatic rings. The first-order valence-electron chi connectivity index (χ1n) is 22.1. The van der Waals surface area contributed by atoms with Gasteiger partial charge in [0.25, 0.3) is 0 Å². The molecule has 0 radical (unpaired) electrons. The maximum atomic E-state index is 13.0. The van der Waals surface area contributed by atoms with Crippen molar-refractivity contribution in [1.29, 1.82) is 0 Å². The zero-order chi connectivity index (χ0) is 40.9. The van der Waals surface area contributed by atoms with Crippen molar-refractivity contribution in [3.05, 3.63) is 0 Å². The lowest BCUT2D eigenvalue weighted by atomic mass is 9.85. The Balaban J connectivity index is 2.56. The fraction of sp³-hybridized carbons (Fsp3) is 0.976. The minimum absolute atomic E-state index is 0.217. The van der Waals surface area contributed by atoms with Gasteiger partial charge in [-0.15, -0.1) is 0 Å². The molecule has 0 aromatic carbocycles. The molecule has 55 heavy (non-hydrogen) atoms. The number of unbranched alkanes of at least 4 members (excludes halogenated alkanes) is 23. The highest BCUT2D eigenvalue weighted by Gasteiger charge is 2.51. The number of aliphatic hydroxyl groups is 7. The van der Waals surface area contributed by atoms with E-state index in [2.05, 4.69) is 19.2 Å². The lowest BCUT2D eigenvalue weighted by Crippen LogP contribution is -2.64. The molecule has 8 unspecified atom stereocenters. The van der Waals surface area contributed by atoms with Gasteiger partial charge in [0, 0.05) is 0 Å². The Morgan fingerprint density at radius 2 is 0.909 bits per heavy atom. The molecule has 328 valence electrons. The van der Waals surface area contributed by atoms with Crippen molar-refractivity contribution in [2.45, 2.75) is 249 Å². The van der Waals surface area contributed by atoms with Gasteiger partial charge in [0.15, 0.2) is 0 Å². The smallest absolute Gasteiger partial charge is 0.393 e. The molecule has 0 aromatic rings. The van der Waals surface area contributed by atoms with Gasteiger partial charge in [-0.05, 0) is 12.8 Å². The summed E-state index contributed by atoms with van der Waals surface area (Å²) in [5.41, 5.74) is 0. The molecule has 1 fully saturated rings. The number of hydrogen-bond acceptors (Lipinski definition) is 11. The molecule has 0 aromatic heterocycles. The normalized spacial score (nSPS) is 24.3. The van der Waals surface area contributed by atoms with E-state index in [1.807, 2.05) is 0 Å². The minimum Gasteiger partial charge on any atom is -0.393 e. The highest BCUT2D eigenvalue weighted by atomic mass is 31.2. The molecule has 1 saturated carbocycles. The van der Waals surface area contributed by atoms with Crippen molar-refractivity contribution in [2.75, 3.05) is 6.61 Å². The highest BCUT2D eigenvalue weighted by molar-refractivity contribution is 7.47. The molecule has 14 heteroatoms. The number of phosphoric ester groups is 1. The molecule has 1 aliphatic carbocycles. The average molecular weight is 812 g/mol. The molecule has 0 saturated heterocycles. The predicted octanol–water partition coefficient (Wildman–Crippen LogP) is 6.48. The van der Waals surface area contributed by atoms with Crippen LogP contribution < -0.4 is 5.32 Å². The highest BCUT2D eigenvalue weighted by Crippen LogP contribution is 2.47. The first-order chi connectivity index (χ1) is 26.3. The third kappa shape index (κ3) is 24.7. The van der Waals surface area contributed by atoms with E-state index in [1.54, 1.807) is 0 Å². The third-order valence-electron chi connectivity index (χ3n) is 11.0. The number of hydrogen-bond donors (Lipinski definition) is 9. The summed E-state index contributed by atoms with van der Waals surface area (Å²) in [5.74, 6) is -0.559. The lowest BCUT2D eigenvalue weighted by molar-refractivity contribution is -0.220. The van der Waals surface area contributed by atoms with Gasteiger partial charge in [-0.25, -0.2) is 4.57 Å². The van der Waals surface area contributed by atoms with E-state index in [0.29, 0.717) is 12.8 Å². The maximum absolute atomic E-state index is 13.0. The van der Waals surface area contributed by atoms with Crippen LogP contribution in [0.5, 0.6) is 0 Å². The molecule has 1 amide bonds. The van der Waals surface area contributed by atoms with Crippen LogP contribution in [0.2, 0.25) is 0 Å². The summed E-state index contributed by atoms with van der Waals surface area (Å²) in [6, 6.07) is -1.15. The standard InChI is InChI=1S/C41H82NO12P/c1-3-5-7-9-11-13-15-16-17-19-21-23-25-27-29-34(44)33(31-53-55(51,52)54-41-39(49)37(47)36(46)38(48)40(41)50)42-35(45)30-32(43)28-26-24-22-20-18-14-12-10-8-6-4-2/h32-34,36-41,43-44,46-50H,3-31H2,1-2H3,(H,42,45)(H,51,52). The Morgan fingerprint density at radius 1 is 0.564 bits per heavy atom. The maximum Gasteiger partial charge on any atom is 0.472 e. The molecule has 1 rings (SSSR count). The largest absolute Gasteiger partial charge is 0.472 e. The third-order valence-corrected chi connectivity index (χ3v) is 12.0. The minimum atomic E-state index is -5.11. The first kappa shape index (κ1) is 52.3. The summed E-state index contributed by atoms with van der Waals surface area (Å²) >= 11 is 0. The molecular weight excluding hydrogens is 729 g/mol. The van der Waals surface area contributed by atoms with E-state index in [9.17, 15) is 50.0 Å². The van der Waals surface area contributed by atoms with Crippen LogP contribution in [0.4, 0.5) is 0 Å². The van der Waals surface area contributed by atoms with Crippen LogP contribution in [0, 0.1) is 0 Å². The predicted molar refractivity (Wildman–Crippen MR) is 215 cm³/mol. The number of amides is 1. The zero-order valence-electron chi connectivity index (χ0n) is 34.4. The van der Waals surface area contributed by atoms with Gasteiger partial charge in [0.05, 0.1) is 31.3 Å². The van der Waals surface area contributed by atoms with Crippen LogP contribution in [0.25, 0.3) is 0 Å². The van der Waals surface area contributed by atoms with E-state index in [4.69, 9.17) is 9.05 Å². The Morgan fingerprint density at radius 3 is 1.31 bits per heavy atom. The number of carbonyl (C=O) groups is 1. The molecule has 9 N–H and O–H groups in total. The van der Waals surface area contributed by atoms with Crippen molar-refractivity contribution in [3.63, 3.8) is 0 Å². The van der Waals surface area contributed by atoms with Crippen molar-refractivity contribution in [1.82, 2.24) is 5.32 Å². The van der Waals surface area contributed by atoms with E-state index >= 15 is 0 Å². The number of rotatable bonds is 36. The second-order valence-corrected chi connectivity index (χ2v) is 17.5. The summed E-state index contributed by atoms with van der Waals surface area (Å²) in [7, 11) is -5.11. The van der Waals surface area contributed by atoms with Gasteiger partial charge in [-0.3, -0.25) is 13.8 Å². The Bertz CT molecular complexity index is 964. The van der Waals surface area contributed by atoms with E-state index in [0.717, 1.165) is 51.4 Å². The summed E-state index contributed by atoms with van der Waals surface area (Å²) in [6.07, 6.45) is 15.9. The second-order valence-electron chi connectivity index (χ2n) is 16.1. The van der Waals surface area contributed by atoms with Gasteiger partial charge in [-0.1, -0.05) is 174 Å². The quantitative estimate of drug-likeness (QED) is 0.0245. The summed E-state index contributed by atoms with van der Waals surface area (Å²) in [5, 5.41) is 74.4. The van der Waals surface area contributed by atoms with Crippen molar-refractivity contribution < 1.29 is 59.0 Å². The Kier molecular flexibility index (Phi) is 30.6. The van der Waals surface area contributed by atoms with Gasteiger partial charge >= 0.3 is 7.82 Å². The van der Waals surface area contributed by atoms with Crippen LogP contribution >= 0.6 is 7.82 Å². The SMILES string of the molecule is CCCCCCCCCCCCCCCCC(O)C(COP(=O)(O)OC1C(O)C(O)C(O)C(O)C1O)NC(=O)CC(O)CCCCCCCCCCCCC. The number of carbonyl (C=O) groups excluding carboxylic acids is 1. The summed E-state index contributed by atoms with van der Waals surface area (Å²) in [4.78, 5) is 23.4. The average Bonchev–Trinajstić information content (AvgIpc) is 3.15. The molecule has 8 atom stereocenters. The lowest BCUT2D eigenvalue weighted by Gasteiger charge is -2.41. The van der Waals surface area contributed by atoms with Gasteiger partial charge in [-0.2, -0.15) is 0 Å².